The van der Waals surface area contributed by atoms with Crippen molar-refractivity contribution < 1.29 is 9.53 Å². The molecule has 1 amide bonds. The van der Waals surface area contributed by atoms with Gasteiger partial charge in [0.15, 0.2) is 0 Å². The van der Waals surface area contributed by atoms with Crippen LogP contribution in [0, 0.1) is 0 Å². The van der Waals surface area contributed by atoms with Crippen molar-refractivity contribution in [2.24, 2.45) is 0 Å². The Balaban J connectivity index is -0.000000150. The van der Waals surface area contributed by atoms with Crippen LogP contribution in [0.15, 0.2) is 0 Å². The predicted molar refractivity (Wildman–Crippen MR) is 185 cm³/mol. The molecule has 0 aromatic heterocycles. The van der Waals surface area contributed by atoms with Gasteiger partial charge in [-0.3, -0.25) is 4.79 Å². The Labute approximate surface area is 247 Å². The number of likely N-dealkylation sites (N-methyl/N-ethyl adjacent to an activating group) is 1. The number of nitrogens with zero attached hydrogens (tertiary/aromatic N) is 1. The molecule has 0 atom stereocenters. The Morgan fingerprint density at radius 1 is 0.526 bits per heavy atom. The zero-order chi connectivity index (χ0) is 22.1. The molecule has 0 bridgehead atoms. The van der Waals surface area contributed by atoms with Crippen LogP contribution in [-0.2, 0) is 9.53 Å². The van der Waals surface area contributed by atoms with Gasteiger partial charge in [-0.1, -0.05) is 169 Å². The molecule has 0 fully saturated rings. The molecule has 1 N–H and O–H groups in total. The largest absolute Gasteiger partial charge is 0.381 e. The minimum atomic E-state index is 0. The lowest BCUT2D eigenvalue weighted by atomic mass is 10.0. The van der Waals surface area contributed by atoms with Gasteiger partial charge in [-0.05, 0) is 26.9 Å². The van der Waals surface area contributed by atoms with Gasteiger partial charge in [0.05, 0.1) is 6.54 Å². The van der Waals surface area contributed by atoms with Crippen molar-refractivity contribution in [3.63, 3.8) is 0 Å². The molecule has 0 aromatic rings. The lowest BCUT2D eigenvalue weighted by molar-refractivity contribution is -0.121. The van der Waals surface area contributed by atoms with E-state index in [4.69, 9.17) is 4.74 Å². The molecule has 0 aliphatic carbocycles. The molecule has 0 aliphatic rings. The molecule has 0 aromatic carbocycles. The van der Waals surface area contributed by atoms with Crippen LogP contribution in [-0.4, -0.2) is 51.2 Å². The maximum atomic E-state index is 11.5. The number of nitrogens with one attached hydrogen (secondary N) is 1. The van der Waals surface area contributed by atoms with Gasteiger partial charge in [-0.25, -0.2) is 0 Å². The highest BCUT2D eigenvalue weighted by Crippen LogP contribution is 2.14. The lowest BCUT2D eigenvalue weighted by Crippen LogP contribution is -2.34. The van der Waals surface area contributed by atoms with Crippen molar-refractivity contribution >= 4 is 5.91 Å². The minimum Gasteiger partial charge on any atom is -0.381 e. The van der Waals surface area contributed by atoms with E-state index in [0.717, 1.165) is 19.6 Å². The summed E-state index contributed by atoms with van der Waals surface area (Å²) < 4.78 is 5.66. The molecular formula is C34H86N2O2. The number of hydrogen-bond acceptors (Lipinski definition) is 3. The van der Waals surface area contributed by atoms with Crippen LogP contribution in [0.4, 0.5) is 0 Å². The molecule has 0 aliphatic heterocycles. The van der Waals surface area contributed by atoms with E-state index in [9.17, 15) is 4.79 Å². The van der Waals surface area contributed by atoms with E-state index in [2.05, 4.69) is 12.2 Å². The zero-order valence-electron chi connectivity index (χ0n) is 20.8. The fourth-order valence-corrected chi connectivity index (χ4v) is 3.78. The fraction of sp³-hybridized carbons (Fsp3) is 0.971. The van der Waals surface area contributed by atoms with Gasteiger partial charge in [0.2, 0.25) is 5.91 Å². The third kappa shape index (κ3) is 55.8. The molecule has 0 rings (SSSR count). The Morgan fingerprint density at radius 3 is 1.18 bits per heavy atom. The van der Waals surface area contributed by atoms with Gasteiger partial charge in [0.25, 0.3) is 0 Å². The fourth-order valence-electron chi connectivity index (χ4n) is 3.78. The number of unbranched alkanes of at least 4 members (excludes halogenated alkanes) is 16. The van der Waals surface area contributed by atoms with E-state index in [0.29, 0.717) is 13.1 Å². The number of hydrogen-bond donors (Lipinski definition) is 1. The van der Waals surface area contributed by atoms with Crippen LogP contribution in [0.25, 0.3) is 0 Å². The predicted octanol–water partition coefficient (Wildman–Crippen LogP) is 11.8. The highest BCUT2D eigenvalue weighted by molar-refractivity contribution is 5.77. The summed E-state index contributed by atoms with van der Waals surface area (Å²) in [5.74, 6) is 0.0909. The average molecular weight is 555 g/mol. The SMILES string of the molecule is C.C.C.C.C.C.C.C.CCCCCCCCCCCCCCCCCCCOCCCNC(=O)CN(C)C. The van der Waals surface area contributed by atoms with E-state index in [-0.39, 0.29) is 65.3 Å². The quantitative estimate of drug-likeness (QED) is 0.121. The Hall–Kier alpha value is -0.610. The Morgan fingerprint density at radius 2 is 0.842 bits per heavy atom. The molecule has 0 heterocycles. The lowest BCUT2D eigenvalue weighted by Gasteiger charge is -2.10. The standard InChI is InChI=1S/C26H54N2O2.8CH4/c1-4-5-6-7-8-9-10-11-12-13-14-15-16-17-18-19-20-23-30-24-21-22-27-26(29)25-28(2)3;;;;;;;;/h4-25H2,1-3H3,(H,27,29);8*1H4. The Kier molecular flexibility index (Phi) is 85.3. The number of rotatable bonds is 24. The van der Waals surface area contributed by atoms with Gasteiger partial charge in [-0.15, -0.1) is 0 Å². The Bertz CT molecular complexity index is 349. The van der Waals surface area contributed by atoms with Crippen molar-refractivity contribution in [2.45, 2.75) is 182 Å². The molecule has 244 valence electrons. The molecule has 0 unspecified atom stereocenters. The van der Waals surface area contributed by atoms with Crippen molar-refractivity contribution in [2.75, 3.05) is 40.4 Å². The molecular weight excluding hydrogens is 468 g/mol. The van der Waals surface area contributed by atoms with Crippen LogP contribution in [0.1, 0.15) is 182 Å². The summed E-state index contributed by atoms with van der Waals surface area (Å²) in [5.41, 5.74) is 0. The van der Waals surface area contributed by atoms with E-state index < -0.39 is 0 Å². The van der Waals surface area contributed by atoms with E-state index in [1.165, 1.54) is 109 Å². The van der Waals surface area contributed by atoms with Gasteiger partial charge < -0.3 is 15.0 Å². The first-order valence-corrected chi connectivity index (χ1v) is 13.2. The first kappa shape index (κ1) is 61.4. The first-order chi connectivity index (χ1) is 14.7. The average Bonchev–Trinajstić information content (AvgIpc) is 2.71. The summed E-state index contributed by atoms with van der Waals surface area (Å²) in [6.45, 7) is 5.08. The molecule has 0 saturated carbocycles. The summed E-state index contributed by atoms with van der Waals surface area (Å²) >= 11 is 0. The normalized spacial score (nSPS) is 8.95. The summed E-state index contributed by atoms with van der Waals surface area (Å²) in [6.07, 6.45) is 24.8. The summed E-state index contributed by atoms with van der Waals surface area (Å²) in [6, 6.07) is 0. The topological polar surface area (TPSA) is 41.6 Å². The van der Waals surface area contributed by atoms with E-state index in [1.807, 2.05) is 19.0 Å². The maximum Gasteiger partial charge on any atom is 0.234 e. The molecule has 38 heavy (non-hydrogen) atoms. The number of amides is 1. The number of ether oxygens (including phenoxy) is 1. The highest BCUT2D eigenvalue weighted by atomic mass is 16.5. The first-order valence-electron chi connectivity index (χ1n) is 13.2. The van der Waals surface area contributed by atoms with Crippen LogP contribution >= 0.6 is 0 Å². The summed E-state index contributed by atoms with van der Waals surface area (Å²) in [4.78, 5) is 13.3. The van der Waals surface area contributed by atoms with Gasteiger partial charge in [-0.2, -0.15) is 0 Å². The van der Waals surface area contributed by atoms with Crippen molar-refractivity contribution in [1.82, 2.24) is 10.2 Å². The molecule has 0 spiro atoms. The van der Waals surface area contributed by atoms with Gasteiger partial charge in [0.1, 0.15) is 0 Å². The summed E-state index contributed by atoms with van der Waals surface area (Å²) in [7, 11) is 3.81. The highest BCUT2D eigenvalue weighted by Gasteiger charge is 2.01. The van der Waals surface area contributed by atoms with E-state index in [1.54, 1.807) is 0 Å². The third-order valence-electron chi connectivity index (χ3n) is 5.64. The van der Waals surface area contributed by atoms with Crippen LogP contribution in [0.5, 0.6) is 0 Å². The number of carbonyl (C=O) groups is 1. The van der Waals surface area contributed by atoms with Crippen molar-refractivity contribution in [1.29, 1.82) is 0 Å². The molecule has 0 radical (unpaired) electrons. The van der Waals surface area contributed by atoms with Crippen molar-refractivity contribution in [3.8, 4) is 0 Å². The smallest absolute Gasteiger partial charge is 0.234 e. The van der Waals surface area contributed by atoms with Crippen LogP contribution in [0.3, 0.4) is 0 Å². The second-order valence-electron chi connectivity index (χ2n) is 9.21. The molecule has 4 nitrogen and oxygen atoms in total. The monoisotopic (exact) mass is 555 g/mol. The second kappa shape index (κ2) is 52.8. The second-order valence-corrected chi connectivity index (χ2v) is 9.21. The number of carbonyl (C=O) groups excluding carboxylic acids is 1. The van der Waals surface area contributed by atoms with E-state index >= 15 is 0 Å². The third-order valence-corrected chi connectivity index (χ3v) is 5.64. The molecule has 4 heteroatoms. The van der Waals surface area contributed by atoms with Gasteiger partial charge in [0, 0.05) is 19.8 Å². The maximum absolute atomic E-state index is 11.5. The van der Waals surface area contributed by atoms with Crippen LogP contribution < -0.4 is 5.32 Å². The minimum absolute atomic E-state index is 0. The van der Waals surface area contributed by atoms with Gasteiger partial charge >= 0.3 is 0 Å². The molecule has 0 saturated heterocycles. The summed E-state index contributed by atoms with van der Waals surface area (Å²) in [5, 5.41) is 2.91. The zero-order valence-corrected chi connectivity index (χ0v) is 20.8. The van der Waals surface area contributed by atoms with Crippen molar-refractivity contribution in [3.05, 3.63) is 0 Å². The van der Waals surface area contributed by atoms with Crippen LogP contribution in [0.2, 0.25) is 0 Å².